The molecule has 0 radical (unpaired) electrons. The molecule has 54 valence electrons. The molecule has 0 aliphatic carbocycles. The van der Waals surface area contributed by atoms with Gasteiger partial charge in [0.1, 0.15) is 0 Å². The highest BCUT2D eigenvalue weighted by molar-refractivity contribution is 5.22. The minimum absolute atomic E-state index is 0.726. The monoisotopic (exact) mass is 128 g/mol. The molecular formula is C7H16N2. The zero-order valence-electron chi connectivity index (χ0n) is 6.57. The smallest absolute Gasteiger partial charge is 0.0534 e. The van der Waals surface area contributed by atoms with Crippen LogP contribution < -0.4 is 5.43 Å². The van der Waals surface area contributed by atoms with Crippen LogP contribution in [0.5, 0.6) is 0 Å². The third-order valence-corrected chi connectivity index (χ3v) is 0.493. The first-order valence-electron chi connectivity index (χ1n) is 3.10. The molecule has 0 atom stereocenters. The summed E-state index contributed by atoms with van der Waals surface area (Å²) in [6.07, 6.45) is 0. The average Bonchev–Trinajstić information content (AvgIpc) is 1.88. The van der Waals surface area contributed by atoms with Gasteiger partial charge in [-0.05, 0) is 6.92 Å². The summed E-state index contributed by atoms with van der Waals surface area (Å²) in [6, 6.07) is 0. The molecule has 0 rings (SSSR count). The fraction of sp³-hybridized carbons (Fsp3) is 0.571. The van der Waals surface area contributed by atoms with Gasteiger partial charge in [0.05, 0.1) is 6.54 Å². The van der Waals surface area contributed by atoms with Gasteiger partial charge in [-0.15, -0.1) is 0 Å². The summed E-state index contributed by atoms with van der Waals surface area (Å²) in [4.78, 5) is 0. The molecule has 0 fully saturated rings. The summed E-state index contributed by atoms with van der Waals surface area (Å²) >= 11 is 0. The van der Waals surface area contributed by atoms with Crippen LogP contribution in [0.1, 0.15) is 20.8 Å². The van der Waals surface area contributed by atoms with E-state index in [1.165, 1.54) is 0 Å². The Morgan fingerprint density at radius 3 is 2.11 bits per heavy atom. The maximum Gasteiger partial charge on any atom is 0.0534 e. The largest absolute Gasteiger partial charge is 0.307 e. The molecule has 0 aliphatic rings. The van der Waals surface area contributed by atoms with Gasteiger partial charge in [0.2, 0.25) is 0 Å². The lowest BCUT2D eigenvalue weighted by molar-refractivity contribution is 0.808. The normalized spacial score (nSPS) is 6.56. The van der Waals surface area contributed by atoms with Crippen molar-refractivity contribution in [1.29, 1.82) is 0 Å². The molecule has 0 spiro atoms. The molecule has 2 heteroatoms. The van der Waals surface area contributed by atoms with Crippen LogP contribution in [0.4, 0.5) is 0 Å². The Morgan fingerprint density at radius 1 is 1.56 bits per heavy atom. The number of nitrogens with zero attached hydrogens (tertiary/aromatic N) is 1. The molecular weight excluding hydrogens is 112 g/mol. The summed E-state index contributed by atoms with van der Waals surface area (Å²) in [6.45, 7) is 13.5. The number of nitrogens with one attached hydrogen (secondary N) is 1. The fourth-order valence-corrected chi connectivity index (χ4v) is 0.191. The van der Waals surface area contributed by atoms with Gasteiger partial charge in [-0.2, -0.15) is 5.10 Å². The third-order valence-electron chi connectivity index (χ3n) is 0.493. The number of hydrogen-bond donors (Lipinski definition) is 1. The molecule has 0 heterocycles. The second-order valence-corrected chi connectivity index (χ2v) is 1.45. The van der Waals surface area contributed by atoms with Crippen molar-refractivity contribution in [3.8, 4) is 0 Å². The van der Waals surface area contributed by atoms with E-state index in [9.17, 15) is 0 Å². The molecule has 1 N–H and O–H groups in total. The molecule has 0 saturated carbocycles. The lowest BCUT2D eigenvalue weighted by atomic mass is 10.4. The van der Waals surface area contributed by atoms with Crippen molar-refractivity contribution in [1.82, 2.24) is 5.43 Å². The molecule has 0 aromatic rings. The molecule has 9 heavy (non-hydrogen) atoms. The zero-order valence-corrected chi connectivity index (χ0v) is 6.57. The first-order valence-corrected chi connectivity index (χ1v) is 3.10. The fourth-order valence-electron chi connectivity index (χ4n) is 0.191. The van der Waals surface area contributed by atoms with Gasteiger partial charge in [-0.25, -0.2) is 0 Å². The number of hydrogen-bond acceptors (Lipinski definition) is 2. The molecule has 0 aromatic heterocycles. The summed E-state index contributed by atoms with van der Waals surface area (Å²) < 4.78 is 0. The van der Waals surface area contributed by atoms with Crippen LogP contribution in [0.25, 0.3) is 0 Å². The first kappa shape index (κ1) is 11.1. The third kappa shape index (κ3) is 19.0. The van der Waals surface area contributed by atoms with Crippen LogP contribution in [-0.2, 0) is 0 Å². The topological polar surface area (TPSA) is 24.4 Å². The van der Waals surface area contributed by atoms with Crippen LogP contribution >= 0.6 is 0 Å². The van der Waals surface area contributed by atoms with Crippen LogP contribution in [0.2, 0.25) is 0 Å². The van der Waals surface area contributed by atoms with Crippen molar-refractivity contribution in [2.75, 3.05) is 6.54 Å². The van der Waals surface area contributed by atoms with Gasteiger partial charge in [0.15, 0.2) is 0 Å². The lowest BCUT2D eigenvalue weighted by Crippen LogP contribution is -2.05. The van der Waals surface area contributed by atoms with Crippen LogP contribution in [0.15, 0.2) is 17.3 Å². The molecule has 0 unspecified atom stereocenters. The summed E-state index contributed by atoms with van der Waals surface area (Å²) in [5.41, 5.74) is 3.72. The zero-order chi connectivity index (χ0) is 7.70. The van der Waals surface area contributed by atoms with E-state index in [0.29, 0.717) is 0 Å². The highest BCUT2D eigenvalue weighted by Crippen LogP contribution is 1.78. The summed E-state index contributed by atoms with van der Waals surface area (Å²) in [5, 5.41) is 3.42. The van der Waals surface area contributed by atoms with Crippen molar-refractivity contribution in [2.45, 2.75) is 20.8 Å². The van der Waals surface area contributed by atoms with E-state index in [4.69, 9.17) is 0 Å². The van der Waals surface area contributed by atoms with Gasteiger partial charge in [-0.3, -0.25) is 0 Å². The van der Waals surface area contributed by atoms with Gasteiger partial charge in [0, 0.05) is 6.72 Å². The van der Waals surface area contributed by atoms with Gasteiger partial charge in [0.25, 0.3) is 0 Å². The highest BCUT2D eigenvalue weighted by atomic mass is 15.3. The molecule has 0 bridgehead atoms. The van der Waals surface area contributed by atoms with Crippen molar-refractivity contribution in [3.05, 3.63) is 12.2 Å². The average molecular weight is 128 g/mol. The standard InChI is InChI=1S/C5H10N2.C2H6/c1-5(2)4-7-6-3;1-2/h7H,1,3-4H2,2H3;1-2H3. The van der Waals surface area contributed by atoms with E-state index in [0.717, 1.165) is 12.1 Å². The van der Waals surface area contributed by atoms with Crippen molar-refractivity contribution >= 4 is 6.72 Å². The van der Waals surface area contributed by atoms with Gasteiger partial charge >= 0.3 is 0 Å². The van der Waals surface area contributed by atoms with Crippen LogP contribution in [0.3, 0.4) is 0 Å². The van der Waals surface area contributed by atoms with E-state index < -0.39 is 0 Å². The highest BCUT2D eigenvalue weighted by Gasteiger charge is 1.76. The van der Waals surface area contributed by atoms with Crippen molar-refractivity contribution in [2.24, 2.45) is 5.10 Å². The lowest BCUT2D eigenvalue weighted by Gasteiger charge is -1.93. The van der Waals surface area contributed by atoms with E-state index in [-0.39, 0.29) is 0 Å². The Kier molecular flexibility index (Phi) is 12.6. The Balaban J connectivity index is 0. The van der Waals surface area contributed by atoms with Crippen LogP contribution in [-0.4, -0.2) is 13.3 Å². The molecule has 0 amide bonds. The second-order valence-electron chi connectivity index (χ2n) is 1.45. The van der Waals surface area contributed by atoms with Crippen molar-refractivity contribution < 1.29 is 0 Å². The Hall–Kier alpha value is -0.790. The SMILES string of the molecule is C=NNCC(=C)C.CC. The molecule has 0 saturated heterocycles. The van der Waals surface area contributed by atoms with Gasteiger partial charge in [-0.1, -0.05) is 26.0 Å². The quantitative estimate of drug-likeness (QED) is 0.350. The predicted octanol–water partition coefficient (Wildman–Crippen LogP) is 1.79. The number of hydrazone groups is 1. The van der Waals surface area contributed by atoms with Gasteiger partial charge < -0.3 is 5.43 Å². The Labute approximate surface area is 57.7 Å². The maximum absolute atomic E-state index is 3.64. The maximum atomic E-state index is 3.64. The summed E-state index contributed by atoms with van der Waals surface area (Å²) in [7, 11) is 0. The van der Waals surface area contributed by atoms with E-state index in [1.807, 2.05) is 20.8 Å². The molecule has 2 nitrogen and oxygen atoms in total. The molecule has 0 aromatic carbocycles. The minimum Gasteiger partial charge on any atom is -0.307 e. The predicted molar refractivity (Wildman–Crippen MR) is 43.7 cm³/mol. The van der Waals surface area contributed by atoms with E-state index >= 15 is 0 Å². The second kappa shape index (κ2) is 10.2. The molecule has 0 aliphatic heterocycles. The summed E-state index contributed by atoms with van der Waals surface area (Å²) in [5.74, 6) is 0. The van der Waals surface area contributed by atoms with E-state index in [1.54, 1.807) is 0 Å². The van der Waals surface area contributed by atoms with Crippen LogP contribution in [0, 0.1) is 0 Å². The van der Waals surface area contributed by atoms with E-state index in [2.05, 4.69) is 23.8 Å². The number of rotatable bonds is 3. The first-order chi connectivity index (χ1) is 4.27. The Morgan fingerprint density at radius 2 is 2.00 bits per heavy atom. The minimum atomic E-state index is 0.726. The van der Waals surface area contributed by atoms with Crippen molar-refractivity contribution in [3.63, 3.8) is 0 Å². The Bertz CT molecular complexity index is 77.0.